The summed E-state index contributed by atoms with van der Waals surface area (Å²) >= 11 is 0. The highest BCUT2D eigenvalue weighted by Crippen LogP contribution is 2.37. The molecular weight excluding hydrogens is 250 g/mol. The van der Waals surface area contributed by atoms with Gasteiger partial charge in [0.25, 0.3) is 0 Å². The molecule has 0 spiro atoms. The predicted molar refractivity (Wildman–Crippen MR) is 79.2 cm³/mol. The van der Waals surface area contributed by atoms with Gasteiger partial charge in [-0.15, -0.1) is 0 Å². The van der Waals surface area contributed by atoms with E-state index < -0.39 is 0 Å². The highest BCUT2D eigenvalue weighted by Gasteiger charge is 2.35. The van der Waals surface area contributed by atoms with Gasteiger partial charge in [0, 0.05) is 19.6 Å². The van der Waals surface area contributed by atoms with Gasteiger partial charge in [-0.1, -0.05) is 18.6 Å². The minimum Gasteiger partial charge on any atom is -0.491 e. The minimum absolute atomic E-state index is 0.0660. The first-order chi connectivity index (χ1) is 9.74. The number of nitrogens with zero attached hydrogens (tertiary/aromatic N) is 1. The molecule has 0 bridgehead atoms. The molecule has 1 heterocycles. The van der Waals surface area contributed by atoms with Crippen molar-refractivity contribution in [2.45, 2.75) is 26.2 Å². The summed E-state index contributed by atoms with van der Waals surface area (Å²) < 4.78 is 5.82. The molecule has 2 unspecified atom stereocenters. The number of Topliss-reactive ketones (excluding diaryl/α,β-unsaturated/α-hetero) is 1. The second kappa shape index (κ2) is 5.96. The summed E-state index contributed by atoms with van der Waals surface area (Å²) in [5, 5.41) is 0. The van der Waals surface area contributed by atoms with Crippen LogP contribution in [0.15, 0.2) is 24.3 Å². The molecule has 2 aliphatic rings. The molecule has 3 nitrogen and oxygen atoms in total. The van der Waals surface area contributed by atoms with Gasteiger partial charge in [-0.3, -0.25) is 9.69 Å². The van der Waals surface area contributed by atoms with Gasteiger partial charge >= 0.3 is 0 Å². The Morgan fingerprint density at radius 3 is 2.65 bits per heavy atom. The fraction of sp³-hybridized carbons (Fsp3) is 0.588. The van der Waals surface area contributed by atoms with Crippen LogP contribution in [0.25, 0.3) is 0 Å². The summed E-state index contributed by atoms with van der Waals surface area (Å²) in [6.45, 7) is 5.71. The summed E-state index contributed by atoms with van der Waals surface area (Å²) in [4.78, 5) is 14.0. The summed E-state index contributed by atoms with van der Waals surface area (Å²) in [5.41, 5.74) is 0.686. The molecule has 2 fully saturated rings. The van der Waals surface area contributed by atoms with Gasteiger partial charge in [0.15, 0.2) is 5.78 Å². The number of benzene rings is 1. The molecular formula is C17H23NO2. The minimum atomic E-state index is 0.0660. The van der Waals surface area contributed by atoms with Crippen molar-refractivity contribution in [1.29, 1.82) is 0 Å². The maximum absolute atomic E-state index is 11.5. The number of fused-ring (bicyclic) bond motifs is 1. The van der Waals surface area contributed by atoms with Crippen molar-refractivity contribution in [3.05, 3.63) is 29.8 Å². The third-order valence-electron chi connectivity index (χ3n) is 4.73. The number of hydrogen-bond acceptors (Lipinski definition) is 3. The molecule has 3 rings (SSSR count). The van der Waals surface area contributed by atoms with E-state index in [1.165, 1.54) is 32.4 Å². The maximum atomic E-state index is 11.5. The van der Waals surface area contributed by atoms with Gasteiger partial charge in [0.2, 0.25) is 0 Å². The predicted octanol–water partition coefficient (Wildman–Crippen LogP) is 3.00. The Bertz CT molecular complexity index is 474. The van der Waals surface area contributed by atoms with Crippen LogP contribution in [0.1, 0.15) is 36.5 Å². The molecule has 20 heavy (non-hydrogen) atoms. The zero-order chi connectivity index (χ0) is 13.9. The van der Waals surface area contributed by atoms with Gasteiger partial charge in [0.1, 0.15) is 12.4 Å². The molecule has 108 valence electrons. The van der Waals surface area contributed by atoms with E-state index >= 15 is 0 Å². The lowest BCUT2D eigenvalue weighted by Gasteiger charge is -2.17. The van der Waals surface area contributed by atoms with Crippen molar-refractivity contribution in [3.8, 4) is 5.75 Å². The number of likely N-dealkylation sites (tertiary alicyclic amines) is 1. The monoisotopic (exact) mass is 273 g/mol. The van der Waals surface area contributed by atoms with Crippen LogP contribution in [-0.2, 0) is 0 Å². The quantitative estimate of drug-likeness (QED) is 0.772. The topological polar surface area (TPSA) is 29.5 Å². The molecule has 0 aromatic heterocycles. The highest BCUT2D eigenvalue weighted by molar-refractivity contribution is 5.96. The standard InChI is InChI=1S/C17H23NO2/c1-13(19)16-7-2-3-8-17(16)20-10-9-18-11-14-5-4-6-15(14)12-18/h2-3,7-8,14-15H,4-6,9-12H2,1H3. The van der Waals surface area contributed by atoms with Crippen molar-refractivity contribution < 1.29 is 9.53 Å². The number of rotatable bonds is 5. The van der Waals surface area contributed by atoms with Crippen LogP contribution in [0.5, 0.6) is 5.75 Å². The lowest BCUT2D eigenvalue weighted by molar-refractivity contribution is 0.101. The molecule has 0 amide bonds. The number of ether oxygens (including phenoxy) is 1. The molecule has 1 aromatic carbocycles. The molecule has 0 radical (unpaired) electrons. The molecule has 0 N–H and O–H groups in total. The number of carbonyl (C=O) groups excluding carboxylic acids is 1. The van der Waals surface area contributed by atoms with Gasteiger partial charge in [-0.25, -0.2) is 0 Å². The third-order valence-corrected chi connectivity index (χ3v) is 4.73. The van der Waals surface area contributed by atoms with E-state index in [0.717, 1.165) is 24.1 Å². The SMILES string of the molecule is CC(=O)c1ccccc1OCCN1CC2CCCC2C1. The largest absolute Gasteiger partial charge is 0.491 e. The fourth-order valence-electron chi connectivity index (χ4n) is 3.68. The van der Waals surface area contributed by atoms with Crippen LogP contribution < -0.4 is 4.74 Å². The summed E-state index contributed by atoms with van der Waals surface area (Å²) in [5.74, 6) is 2.65. The van der Waals surface area contributed by atoms with Crippen LogP contribution >= 0.6 is 0 Å². The Morgan fingerprint density at radius 1 is 1.25 bits per heavy atom. The van der Waals surface area contributed by atoms with E-state index in [1.807, 2.05) is 24.3 Å². The molecule has 1 aromatic rings. The number of hydrogen-bond donors (Lipinski definition) is 0. The smallest absolute Gasteiger partial charge is 0.163 e. The first-order valence-corrected chi connectivity index (χ1v) is 7.69. The van der Waals surface area contributed by atoms with E-state index in [4.69, 9.17) is 4.74 Å². The Kier molecular flexibility index (Phi) is 4.06. The summed E-state index contributed by atoms with van der Waals surface area (Å²) in [7, 11) is 0. The van der Waals surface area contributed by atoms with Gasteiger partial charge in [-0.05, 0) is 43.7 Å². The number of para-hydroxylation sites is 1. The summed E-state index contributed by atoms with van der Waals surface area (Å²) in [6, 6.07) is 7.51. The van der Waals surface area contributed by atoms with Crippen LogP contribution in [0.4, 0.5) is 0 Å². The lowest BCUT2D eigenvalue weighted by atomic mass is 10.0. The molecule has 1 saturated carbocycles. The van der Waals surface area contributed by atoms with Crippen molar-refractivity contribution in [3.63, 3.8) is 0 Å². The van der Waals surface area contributed by atoms with Gasteiger partial charge in [0.05, 0.1) is 5.56 Å². The Hall–Kier alpha value is -1.35. The zero-order valence-corrected chi connectivity index (χ0v) is 12.2. The van der Waals surface area contributed by atoms with E-state index in [0.29, 0.717) is 12.2 Å². The van der Waals surface area contributed by atoms with Crippen LogP contribution in [-0.4, -0.2) is 36.9 Å². The zero-order valence-electron chi connectivity index (χ0n) is 12.2. The van der Waals surface area contributed by atoms with Crippen LogP contribution in [0.2, 0.25) is 0 Å². The van der Waals surface area contributed by atoms with E-state index in [-0.39, 0.29) is 5.78 Å². The highest BCUT2D eigenvalue weighted by atomic mass is 16.5. The van der Waals surface area contributed by atoms with E-state index in [2.05, 4.69) is 4.90 Å². The number of ketones is 1. The third kappa shape index (κ3) is 2.88. The van der Waals surface area contributed by atoms with Crippen molar-refractivity contribution in [2.75, 3.05) is 26.2 Å². The van der Waals surface area contributed by atoms with Crippen molar-refractivity contribution in [2.24, 2.45) is 11.8 Å². The number of carbonyl (C=O) groups is 1. The van der Waals surface area contributed by atoms with E-state index in [1.54, 1.807) is 6.92 Å². The fourth-order valence-corrected chi connectivity index (χ4v) is 3.68. The average Bonchev–Trinajstić information content (AvgIpc) is 3.00. The van der Waals surface area contributed by atoms with Crippen LogP contribution in [0.3, 0.4) is 0 Å². The maximum Gasteiger partial charge on any atom is 0.163 e. The second-order valence-corrected chi connectivity index (χ2v) is 6.11. The normalized spacial score (nSPS) is 25.6. The first kappa shape index (κ1) is 13.6. The molecule has 2 atom stereocenters. The summed E-state index contributed by atoms with van der Waals surface area (Å²) in [6.07, 6.45) is 4.25. The molecule has 3 heteroatoms. The Morgan fingerprint density at radius 2 is 1.95 bits per heavy atom. The first-order valence-electron chi connectivity index (χ1n) is 7.69. The van der Waals surface area contributed by atoms with Gasteiger partial charge in [-0.2, -0.15) is 0 Å². The van der Waals surface area contributed by atoms with E-state index in [9.17, 15) is 4.79 Å². The molecule has 1 aliphatic carbocycles. The lowest BCUT2D eigenvalue weighted by Crippen LogP contribution is -2.27. The van der Waals surface area contributed by atoms with Crippen LogP contribution in [0, 0.1) is 11.8 Å². The molecule has 1 saturated heterocycles. The Balaban J connectivity index is 1.50. The second-order valence-electron chi connectivity index (χ2n) is 6.11. The average molecular weight is 273 g/mol. The van der Waals surface area contributed by atoms with Crippen molar-refractivity contribution >= 4 is 5.78 Å². The van der Waals surface area contributed by atoms with Crippen molar-refractivity contribution in [1.82, 2.24) is 4.90 Å². The van der Waals surface area contributed by atoms with Gasteiger partial charge < -0.3 is 4.74 Å². The molecule has 1 aliphatic heterocycles. The Labute approximate surface area is 120 Å².